The molecule has 1 heterocycles. The van der Waals surface area contributed by atoms with Crippen LogP contribution in [0.15, 0.2) is 23.1 Å². The maximum absolute atomic E-state index is 5.63. The van der Waals surface area contributed by atoms with Crippen molar-refractivity contribution in [1.29, 1.82) is 0 Å². The van der Waals surface area contributed by atoms with E-state index in [4.69, 9.17) is 11.6 Å². The molecule has 1 aromatic rings. The minimum atomic E-state index is 0.753. The normalized spacial score (nSPS) is 14.6. The van der Waals surface area contributed by atoms with Crippen LogP contribution < -0.4 is 5.32 Å². The van der Waals surface area contributed by atoms with Crippen molar-refractivity contribution in [3.05, 3.63) is 29.3 Å². The first kappa shape index (κ1) is 13.3. The number of halogens is 1. The van der Waals surface area contributed by atoms with Crippen molar-refractivity contribution in [2.75, 3.05) is 24.7 Å². The Kier molecular flexibility index (Phi) is 5.69. The molecule has 0 fully saturated rings. The average molecular weight is 270 g/mol. The molecule has 0 radical (unpaired) electrons. The van der Waals surface area contributed by atoms with Crippen LogP contribution in [0.2, 0.25) is 0 Å². The van der Waals surface area contributed by atoms with Gasteiger partial charge in [0, 0.05) is 10.8 Å². The first-order valence-electron chi connectivity index (χ1n) is 6.41. The molecule has 0 bridgehead atoms. The summed E-state index contributed by atoms with van der Waals surface area (Å²) in [5.74, 6) is 2.04. The Labute approximate surface area is 113 Å². The van der Waals surface area contributed by atoms with Crippen LogP contribution in [0.3, 0.4) is 0 Å². The fourth-order valence-electron chi connectivity index (χ4n) is 2.12. The van der Waals surface area contributed by atoms with Crippen LogP contribution in [0.25, 0.3) is 0 Å². The highest BCUT2D eigenvalue weighted by Crippen LogP contribution is 2.30. The quantitative estimate of drug-likeness (QED) is 0.627. The van der Waals surface area contributed by atoms with E-state index in [9.17, 15) is 0 Å². The zero-order valence-electron chi connectivity index (χ0n) is 10.2. The molecule has 0 saturated heterocycles. The van der Waals surface area contributed by atoms with Crippen LogP contribution in [0, 0.1) is 0 Å². The first-order valence-corrected chi connectivity index (χ1v) is 7.93. The molecule has 17 heavy (non-hydrogen) atoms. The van der Waals surface area contributed by atoms with E-state index in [-0.39, 0.29) is 0 Å². The Bertz CT molecular complexity index is 354. The fraction of sp³-hybridized carbons (Fsp3) is 0.571. The lowest BCUT2D eigenvalue weighted by Crippen LogP contribution is -2.18. The second-order valence-corrected chi connectivity index (χ2v) is 5.95. The van der Waals surface area contributed by atoms with Gasteiger partial charge in [0.05, 0.1) is 0 Å². The van der Waals surface area contributed by atoms with Gasteiger partial charge in [0.25, 0.3) is 0 Å². The lowest BCUT2D eigenvalue weighted by molar-refractivity contribution is 0.672. The average Bonchev–Trinajstić information content (AvgIpc) is 2.38. The lowest BCUT2D eigenvalue weighted by Gasteiger charge is -2.16. The number of benzene rings is 1. The molecule has 1 nitrogen and oxygen atoms in total. The van der Waals surface area contributed by atoms with E-state index in [1.165, 1.54) is 29.1 Å². The Morgan fingerprint density at radius 3 is 3.12 bits per heavy atom. The van der Waals surface area contributed by atoms with E-state index in [1.807, 2.05) is 11.8 Å². The van der Waals surface area contributed by atoms with E-state index in [0.29, 0.717) is 0 Å². The summed E-state index contributed by atoms with van der Waals surface area (Å²) in [6.07, 6.45) is 4.77. The van der Waals surface area contributed by atoms with Gasteiger partial charge in [-0.15, -0.1) is 23.4 Å². The molecule has 0 aromatic heterocycles. The summed E-state index contributed by atoms with van der Waals surface area (Å²) >= 11 is 7.64. The van der Waals surface area contributed by atoms with Gasteiger partial charge in [-0.05, 0) is 61.7 Å². The number of fused-ring (bicyclic) bond motifs is 1. The predicted molar refractivity (Wildman–Crippen MR) is 77.4 cm³/mol. The maximum atomic E-state index is 5.63. The van der Waals surface area contributed by atoms with Crippen molar-refractivity contribution in [2.24, 2.45) is 0 Å². The molecular weight excluding hydrogens is 250 g/mol. The largest absolute Gasteiger partial charge is 0.316 e. The molecule has 0 atom stereocenters. The number of hydrogen-bond donors (Lipinski definition) is 1. The predicted octanol–water partition coefficient (Wildman–Crippen LogP) is 3.49. The van der Waals surface area contributed by atoms with Crippen molar-refractivity contribution in [3.8, 4) is 0 Å². The summed E-state index contributed by atoms with van der Waals surface area (Å²) in [7, 11) is 0. The van der Waals surface area contributed by atoms with Gasteiger partial charge in [-0.1, -0.05) is 12.1 Å². The number of rotatable bonds is 6. The molecule has 0 saturated carbocycles. The summed E-state index contributed by atoms with van der Waals surface area (Å²) in [5, 5.41) is 3.43. The van der Waals surface area contributed by atoms with Crippen molar-refractivity contribution in [2.45, 2.75) is 30.6 Å². The molecule has 0 spiro atoms. The zero-order valence-corrected chi connectivity index (χ0v) is 11.7. The Morgan fingerprint density at radius 2 is 2.24 bits per heavy atom. The van der Waals surface area contributed by atoms with Crippen LogP contribution in [0.4, 0.5) is 0 Å². The third-order valence-electron chi connectivity index (χ3n) is 3.05. The third-order valence-corrected chi connectivity index (χ3v) is 4.52. The lowest BCUT2D eigenvalue weighted by atomic mass is 10.0. The highest BCUT2D eigenvalue weighted by atomic mass is 35.5. The molecule has 3 heteroatoms. The van der Waals surface area contributed by atoms with Crippen LogP contribution in [0.5, 0.6) is 0 Å². The summed E-state index contributed by atoms with van der Waals surface area (Å²) in [6.45, 7) is 2.09. The highest BCUT2D eigenvalue weighted by Gasteiger charge is 2.09. The topological polar surface area (TPSA) is 12.0 Å². The van der Waals surface area contributed by atoms with Crippen molar-refractivity contribution in [1.82, 2.24) is 5.32 Å². The highest BCUT2D eigenvalue weighted by molar-refractivity contribution is 7.99. The van der Waals surface area contributed by atoms with Crippen molar-refractivity contribution < 1.29 is 0 Å². The molecule has 0 amide bonds. The molecule has 1 aromatic carbocycles. The van der Waals surface area contributed by atoms with Crippen LogP contribution in [-0.2, 0) is 12.8 Å². The van der Waals surface area contributed by atoms with Gasteiger partial charge in [-0.25, -0.2) is 0 Å². The number of alkyl halides is 1. The second-order valence-electron chi connectivity index (χ2n) is 4.44. The first-order chi connectivity index (χ1) is 8.40. The number of thioether (sulfide) groups is 1. The molecule has 1 aliphatic rings. The van der Waals surface area contributed by atoms with Crippen molar-refractivity contribution >= 4 is 23.4 Å². The van der Waals surface area contributed by atoms with Crippen molar-refractivity contribution in [3.63, 3.8) is 0 Å². The number of aryl methyl sites for hydroxylation is 1. The summed E-state index contributed by atoms with van der Waals surface area (Å²) in [4.78, 5) is 1.50. The molecule has 1 aliphatic heterocycles. The maximum Gasteiger partial charge on any atom is 0.0235 e. The Hall–Kier alpha value is -0.180. The molecule has 1 N–H and O–H groups in total. The van der Waals surface area contributed by atoms with E-state index in [1.54, 1.807) is 5.56 Å². The number of hydrogen-bond acceptors (Lipinski definition) is 2. The monoisotopic (exact) mass is 269 g/mol. The van der Waals surface area contributed by atoms with E-state index in [2.05, 4.69) is 23.5 Å². The minimum Gasteiger partial charge on any atom is -0.316 e. The van der Waals surface area contributed by atoms with Crippen LogP contribution in [-0.4, -0.2) is 24.7 Å². The SMILES string of the molecule is ClCCCNCCc1ccc2c(c1)CCCS2. The third kappa shape index (κ3) is 4.20. The number of nitrogens with one attached hydrogen (secondary N) is 1. The van der Waals surface area contributed by atoms with Gasteiger partial charge in [0.2, 0.25) is 0 Å². The van der Waals surface area contributed by atoms with Gasteiger partial charge in [0.1, 0.15) is 0 Å². The van der Waals surface area contributed by atoms with Gasteiger partial charge in [-0.2, -0.15) is 0 Å². The summed E-state index contributed by atoms with van der Waals surface area (Å²) in [5.41, 5.74) is 3.02. The minimum absolute atomic E-state index is 0.753. The molecule has 0 unspecified atom stereocenters. The molecular formula is C14H20ClNS. The molecule has 94 valence electrons. The van der Waals surface area contributed by atoms with Gasteiger partial charge < -0.3 is 5.32 Å². The van der Waals surface area contributed by atoms with E-state index < -0.39 is 0 Å². The molecule has 2 rings (SSSR count). The van der Waals surface area contributed by atoms with E-state index >= 15 is 0 Å². The molecule has 0 aliphatic carbocycles. The van der Waals surface area contributed by atoms with E-state index in [0.717, 1.165) is 31.8 Å². The Morgan fingerprint density at radius 1 is 1.29 bits per heavy atom. The van der Waals surface area contributed by atoms with Gasteiger partial charge in [0.15, 0.2) is 0 Å². The van der Waals surface area contributed by atoms with Gasteiger partial charge >= 0.3 is 0 Å². The standard InChI is InChI=1S/C14H20ClNS/c15-7-2-8-16-9-6-12-4-5-14-13(11-12)3-1-10-17-14/h4-5,11,16H,1-3,6-10H2. The summed E-state index contributed by atoms with van der Waals surface area (Å²) in [6, 6.07) is 6.97. The van der Waals surface area contributed by atoms with Crippen LogP contribution >= 0.6 is 23.4 Å². The smallest absolute Gasteiger partial charge is 0.0235 e. The van der Waals surface area contributed by atoms with Crippen LogP contribution in [0.1, 0.15) is 24.0 Å². The fourth-order valence-corrected chi connectivity index (χ4v) is 3.27. The zero-order chi connectivity index (χ0) is 11.9. The van der Waals surface area contributed by atoms with Gasteiger partial charge in [-0.3, -0.25) is 0 Å². The Balaban J connectivity index is 1.81. The second kappa shape index (κ2) is 7.30. The summed E-state index contributed by atoms with van der Waals surface area (Å²) < 4.78 is 0.